The highest BCUT2D eigenvalue weighted by Crippen LogP contribution is 2.11. The number of unbranched alkanes of at least 4 members (excludes halogenated alkanes) is 1. The summed E-state index contributed by atoms with van der Waals surface area (Å²) in [7, 11) is 0. The summed E-state index contributed by atoms with van der Waals surface area (Å²) in [5.74, 6) is -0.420. The summed E-state index contributed by atoms with van der Waals surface area (Å²) in [6.45, 7) is 6.09. The molecule has 0 fully saturated rings. The molecule has 2 N–H and O–H groups in total. The first-order chi connectivity index (χ1) is 9.10. The normalized spacial score (nSPS) is 12.2. The summed E-state index contributed by atoms with van der Waals surface area (Å²) in [6.07, 6.45) is 4.07. The van der Waals surface area contributed by atoms with Crippen LogP contribution in [-0.2, 0) is 17.6 Å². The van der Waals surface area contributed by atoms with Gasteiger partial charge in [0.05, 0.1) is 0 Å². The molecule has 0 saturated carbocycles. The van der Waals surface area contributed by atoms with E-state index in [1.807, 2.05) is 26.8 Å². The van der Waals surface area contributed by atoms with Gasteiger partial charge in [-0.3, -0.25) is 0 Å². The van der Waals surface area contributed by atoms with Crippen LogP contribution < -0.4 is 5.32 Å². The molecular formula is C14H23N3O2. The maximum Gasteiger partial charge on any atom is 0.326 e. The molecule has 1 unspecified atom stereocenters. The molecule has 0 bridgehead atoms. The van der Waals surface area contributed by atoms with Crippen LogP contribution in [0, 0.1) is 0 Å². The second kappa shape index (κ2) is 7.71. The summed E-state index contributed by atoms with van der Waals surface area (Å²) in [5.41, 5.74) is 1.88. The van der Waals surface area contributed by atoms with Gasteiger partial charge in [0.25, 0.3) is 0 Å². The third-order valence-corrected chi connectivity index (χ3v) is 3.00. The highest BCUT2D eigenvalue weighted by molar-refractivity contribution is 5.76. The van der Waals surface area contributed by atoms with Crippen LogP contribution in [0.3, 0.4) is 0 Å². The van der Waals surface area contributed by atoms with E-state index in [0.29, 0.717) is 12.4 Å². The lowest BCUT2D eigenvalue weighted by Gasteiger charge is -2.15. The fraction of sp³-hybridized carbons (Fsp3) is 0.643. The Kier molecular flexibility index (Phi) is 6.25. The number of carbonyl (C=O) groups is 1. The van der Waals surface area contributed by atoms with Crippen molar-refractivity contribution in [3.63, 3.8) is 0 Å². The molecule has 0 spiro atoms. The largest absolute Gasteiger partial charge is 0.480 e. The molecule has 1 heterocycles. The molecule has 1 aromatic heterocycles. The van der Waals surface area contributed by atoms with Crippen molar-refractivity contribution in [2.45, 2.75) is 58.9 Å². The van der Waals surface area contributed by atoms with Crippen molar-refractivity contribution in [2.24, 2.45) is 0 Å². The van der Waals surface area contributed by atoms with Crippen molar-refractivity contribution >= 4 is 11.9 Å². The van der Waals surface area contributed by atoms with Crippen molar-refractivity contribution in [2.75, 3.05) is 5.32 Å². The number of aliphatic carboxylic acids is 1. The predicted octanol–water partition coefficient (Wildman–Crippen LogP) is 2.66. The zero-order chi connectivity index (χ0) is 14.3. The van der Waals surface area contributed by atoms with Crippen LogP contribution in [-0.4, -0.2) is 27.1 Å². The molecule has 19 heavy (non-hydrogen) atoms. The summed E-state index contributed by atoms with van der Waals surface area (Å²) in [4.78, 5) is 19.9. The second-order valence-electron chi connectivity index (χ2n) is 4.56. The number of aromatic nitrogens is 2. The van der Waals surface area contributed by atoms with E-state index in [-0.39, 0.29) is 0 Å². The molecule has 0 aromatic carbocycles. The molecule has 0 aliphatic heterocycles. The van der Waals surface area contributed by atoms with E-state index < -0.39 is 12.0 Å². The van der Waals surface area contributed by atoms with Gasteiger partial charge in [0, 0.05) is 11.4 Å². The van der Waals surface area contributed by atoms with Crippen molar-refractivity contribution in [1.29, 1.82) is 0 Å². The first-order valence-corrected chi connectivity index (χ1v) is 6.96. The van der Waals surface area contributed by atoms with Gasteiger partial charge in [-0.25, -0.2) is 14.8 Å². The Labute approximate surface area is 114 Å². The van der Waals surface area contributed by atoms with E-state index >= 15 is 0 Å². The fourth-order valence-corrected chi connectivity index (χ4v) is 1.80. The SMILES string of the molecule is CCCCC(Nc1nc(CC)cc(CC)n1)C(=O)O. The fourth-order valence-electron chi connectivity index (χ4n) is 1.80. The zero-order valence-electron chi connectivity index (χ0n) is 11.9. The Morgan fingerprint density at radius 3 is 2.26 bits per heavy atom. The monoisotopic (exact) mass is 265 g/mol. The maximum absolute atomic E-state index is 11.2. The number of carboxylic acid groups (broad SMARTS) is 1. The number of hydrogen-bond acceptors (Lipinski definition) is 4. The van der Waals surface area contributed by atoms with Crippen molar-refractivity contribution in [3.8, 4) is 0 Å². The van der Waals surface area contributed by atoms with E-state index in [9.17, 15) is 9.90 Å². The Balaban J connectivity index is 2.85. The van der Waals surface area contributed by atoms with Crippen LogP contribution in [0.25, 0.3) is 0 Å². The maximum atomic E-state index is 11.2. The van der Waals surface area contributed by atoms with Crippen LogP contribution in [0.5, 0.6) is 0 Å². The van der Waals surface area contributed by atoms with Crippen LogP contribution in [0.4, 0.5) is 5.95 Å². The summed E-state index contributed by atoms with van der Waals surface area (Å²) in [5, 5.41) is 12.1. The lowest BCUT2D eigenvalue weighted by molar-refractivity contribution is -0.138. The molecule has 0 aliphatic rings. The van der Waals surface area contributed by atoms with Crippen molar-refractivity contribution < 1.29 is 9.90 Å². The number of nitrogens with one attached hydrogen (secondary N) is 1. The number of nitrogens with zero attached hydrogens (tertiary/aromatic N) is 2. The minimum atomic E-state index is -0.850. The number of hydrogen-bond donors (Lipinski definition) is 2. The molecule has 1 atom stereocenters. The van der Waals surface area contributed by atoms with Gasteiger partial charge in [-0.15, -0.1) is 0 Å². The number of anilines is 1. The smallest absolute Gasteiger partial charge is 0.326 e. The lowest BCUT2D eigenvalue weighted by atomic mass is 10.1. The average molecular weight is 265 g/mol. The van der Waals surface area contributed by atoms with Gasteiger partial charge in [0.15, 0.2) is 0 Å². The average Bonchev–Trinajstić information content (AvgIpc) is 2.42. The van der Waals surface area contributed by atoms with Gasteiger partial charge in [0.1, 0.15) is 6.04 Å². The summed E-state index contributed by atoms with van der Waals surface area (Å²) >= 11 is 0. The minimum absolute atomic E-state index is 0.430. The van der Waals surface area contributed by atoms with Gasteiger partial charge in [0.2, 0.25) is 5.95 Å². The quantitative estimate of drug-likeness (QED) is 0.755. The number of carboxylic acids is 1. The first-order valence-electron chi connectivity index (χ1n) is 6.96. The lowest BCUT2D eigenvalue weighted by Crippen LogP contribution is -2.30. The topological polar surface area (TPSA) is 75.1 Å². The number of rotatable bonds is 8. The zero-order valence-corrected chi connectivity index (χ0v) is 11.9. The molecule has 0 aliphatic carbocycles. The Bertz CT molecular complexity index is 399. The summed E-state index contributed by atoms with van der Waals surface area (Å²) < 4.78 is 0. The van der Waals surface area contributed by atoms with Crippen molar-refractivity contribution in [1.82, 2.24) is 9.97 Å². The molecule has 0 saturated heterocycles. The third-order valence-electron chi connectivity index (χ3n) is 3.00. The molecule has 0 amide bonds. The first kappa shape index (κ1) is 15.4. The number of aryl methyl sites for hydroxylation is 2. The molecule has 5 nitrogen and oxygen atoms in total. The minimum Gasteiger partial charge on any atom is -0.480 e. The van der Waals surface area contributed by atoms with Crippen LogP contribution in [0.1, 0.15) is 51.4 Å². The van der Waals surface area contributed by atoms with Crippen molar-refractivity contribution in [3.05, 3.63) is 17.5 Å². The van der Waals surface area contributed by atoms with Gasteiger partial charge < -0.3 is 10.4 Å². The van der Waals surface area contributed by atoms with Crippen LogP contribution in [0.15, 0.2) is 6.07 Å². The molecular weight excluding hydrogens is 242 g/mol. The van der Waals surface area contributed by atoms with Crippen LogP contribution >= 0.6 is 0 Å². The Hall–Kier alpha value is -1.65. The Morgan fingerprint density at radius 1 is 1.26 bits per heavy atom. The van der Waals surface area contributed by atoms with Gasteiger partial charge in [-0.2, -0.15) is 0 Å². The highest BCUT2D eigenvalue weighted by atomic mass is 16.4. The highest BCUT2D eigenvalue weighted by Gasteiger charge is 2.18. The molecule has 5 heteroatoms. The Morgan fingerprint density at radius 2 is 1.84 bits per heavy atom. The van der Waals surface area contributed by atoms with E-state index in [0.717, 1.165) is 37.1 Å². The predicted molar refractivity (Wildman–Crippen MR) is 75.4 cm³/mol. The van der Waals surface area contributed by atoms with Gasteiger partial charge in [-0.05, 0) is 25.3 Å². The standard InChI is InChI=1S/C14H23N3O2/c1-4-7-8-12(13(18)19)17-14-15-10(5-2)9-11(6-3)16-14/h9,12H,4-8H2,1-3H3,(H,18,19)(H,15,16,17). The summed E-state index contributed by atoms with van der Waals surface area (Å²) in [6, 6.07) is 1.35. The molecule has 1 rings (SSSR count). The van der Waals surface area contributed by atoms with E-state index in [1.165, 1.54) is 0 Å². The molecule has 1 aromatic rings. The van der Waals surface area contributed by atoms with E-state index in [2.05, 4.69) is 15.3 Å². The molecule has 106 valence electrons. The molecule has 0 radical (unpaired) electrons. The van der Waals surface area contributed by atoms with E-state index in [4.69, 9.17) is 0 Å². The van der Waals surface area contributed by atoms with E-state index in [1.54, 1.807) is 0 Å². The van der Waals surface area contributed by atoms with Gasteiger partial charge >= 0.3 is 5.97 Å². The second-order valence-corrected chi connectivity index (χ2v) is 4.56. The van der Waals surface area contributed by atoms with Crippen LogP contribution in [0.2, 0.25) is 0 Å². The van der Waals surface area contributed by atoms with Gasteiger partial charge in [-0.1, -0.05) is 33.6 Å². The third kappa shape index (κ3) is 4.85.